The SMILES string of the molecule is O=C1CCC(N2C(=O)c3ccc(N4CCO[C@@H]5CCNC[C@@H]54)cc3C2=O)C(=O)N1. The Balaban J connectivity index is 1.44. The molecule has 4 amide bonds. The minimum absolute atomic E-state index is 0.110. The van der Waals surface area contributed by atoms with Gasteiger partial charge in [-0.2, -0.15) is 0 Å². The van der Waals surface area contributed by atoms with E-state index in [2.05, 4.69) is 15.5 Å². The normalized spacial score (nSPS) is 29.6. The maximum Gasteiger partial charge on any atom is 0.262 e. The maximum absolute atomic E-state index is 13.0. The fraction of sp³-hybridized carbons (Fsp3) is 0.500. The van der Waals surface area contributed by atoms with Gasteiger partial charge in [0.05, 0.1) is 29.9 Å². The monoisotopic (exact) mass is 398 g/mol. The molecule has 4 heterocycles. The van der Waals surface area contributed by atoms with Crippen LogP contribution < -0.4 is 15.5 Å². The van der Waals surface area contributed by atoms with E-state index in [0.717, 1.165) is 30.1 Å². The number of carbonyl (C=O) groups excluding carboxylic acids is 4. The Bertz CT molecular complexity index is 914. The number of benzene rings is 1. The number of carbonyl (C=O) groups is 4. The Labute approximate surface area is 167 Å². The molecule has 29 heavy (non-hydrogen) atoms. The van der Waals surface area contributed by atoms with Crippen molar-refractivity contribution in [1.29, 1.82) is 0 Å². The predicted octanol–water partition coefficient (Wildman–Crippen LogP) is -0.345. The number of anilines is 1. The van der Waals surface area contributed by atoms with Crippen molar-refractivity contribution in [3.8, 4) is 0 Å². The van der Waals surface area contributed by atoms with Crippen molar-refractivity contribution >= 4 is 29.3 Å². The van der Waals surface area contributed by atoms with Gasteiger partial charge in [0.25, 0.3) is 11.8 Å². The summed E-state index contributed by atoms with van der Waals surface area (Å²) in [6, 6.07) is 4.50. The summed E-state index contributed by atoms with van der Waals surface area (Å²) in [5, 5.41) is 5.60. The zero-order valence-corrected chi connectivity index (χ0v) is 15.8. The molecule has 0 spiro atoms. The number of fused-ring (bicyclic) bond motifs is 2. The van der Waals surface area contributed by atoms with E-state index < -0.39 is 23.8 Å². The van der Waals surface area contributed by atoms with Crippen molar-refractivity contribution in [2.24, 2.45) is 0 Å². The molecular formula is C20H22N4O5. The lowest BCUT2D eigenvalue weighted by Gasteiger charge is -2.45. The third-order valence-corrected chi connectivity index (χ3v) is 6.21. The van der Waals surface area contributed by atoms with Crippen molar-refractivity contribution in [3.05, 3.63) is 29.3 Å². The van der Waals surface area contributed by atoms with Gasteiger partial charge in [-0.05, 0) is 37.6 Å². The first-order chi connectivity index (χ1) is 14.0. The fourth-order valence-electron chi connectivity index (χ4n) is 4.75. The molecule has 2 N–H and O–H groups in total. The molecular weight excluding hydrogens is 376 g/mol. The number of nitrogens with one attached hydrogen (secondary N) is 2. The summed E-state index contributed by atoms with van der Waals surface area (Å²) in [5.41, 5.74) is 1.48. The van der Waals surface area contributed by atoms with E-state index in [0.29, 0.717) is 24.3 Å². The minimum atomic E-state index is -0.945. The number of hydrogen-bond donors (Lipinski definition) is 2. The summed E-state index contributed by atoms with van der Waals surface area (Å²) < 4.78 is 5.90. The summed E-state index contributed by atoms with van der Waals surface area (Å²) in [6.45, 7) is 3.05. The molecule has 4 aliphatic heterocycles. The molecule has 152 valence electrons. The van der Waals surface area contributed by atoms with E-state index in [1.54, 1.807) is 12.1 Å². The van der Waals surface area contributed by atoms with E-state index in [1.165, 1.54) is 0 Å². The van der Waals surface area contributed by atoms with Crippen LogP contribution in [-0.2, 0) is 14.3 Å². The van der Waals surface area contributed by atoms with Gasteiger partial charge in [0.15, 0.2) is 0 Å². The Morgan fingerprint density at radius 1 is 1.03 bits per heavy atom. The smallest absolute Gasteiger partial charge is 0.262 e. The molecule has 9 heteroatoms. The average Bonchev–Trinajstić information content (AvgIpc) is 2.98. The van der Waals surface area contributed by atoms with Crippen LogP contribution in [0.25, 0.3) is 0 Å². The van der Waals surface area contributed by atoms with Gasteiger partial charge in [-0.1, -0.05) is 0 Å². The van der Waals surface area contributed by atoms with Gasteiger partial charge in [-0.25, -0.2) is 0 Å². The van der Waals surface area contributed by atoms with E-state index in [-0.39, 0.29) is 30.9 Å². The summed E-state index contributed by atoms with van der Waals surface area (Å²) in [4.78, 5) is 52.7. The van der Waals surface area contributed by atoms with Crippen LogP contribution in [-0.4, -0.2) is 73.0 Å². The zero-order valence-electron chi connectivity index (χ0n) is 15.8. The number of imide groups is 2. The fourth-order valence-corrected chi connectivity index (χ4v) is 4.75. The second kappa shape index (κ2) is 6.93. The summed E-state index contributed by atoms with van der Waals surface area (Å²) in [6.07, 6.45) is 1.35. The lowest BCUT2D eigenvalue weighted by Crippen LogP contribution is -2.59. The van der Waals surface area contributed by atoms with Crippen LogP contribution in [0.4, 0.5) is 5.69 Å². The summed E-state index contributed by atoms with van der Waals surface area (Å²) in [7, 11) is 0. The van der Waals surface area contributed by atoms with Crippen LogP contribution in [0.3, 0.4) is 0 Å². The molecule has 3 fully saturated rings. The number of morpholine rings is 1. The van der Waals surface area contributed by atoms with Crippen LogP contribution in [0.2, 0.25) is 0 Å². The highest BCUT2D eigenvalue weighted by Gasteiger charge is 2.45. The van der Waals surface area contributed by atoms with Gasteiger partial charge >= 0.3 is 0 Å². The van der Waals surface area contributed by atoms with Gasteiger partial charge in [0, 0.05) is 25.2 Å². The minimum Gasteiger partial charge on any atom is -0.374 e. The molecule has 3 saturated heterocycles. The van der Waals surface area contributed by atoms with Gasteiger partial charge in [-0.3, -0.25) is 29.4 Å². The number of rotatable bonds is 2. The highest BCUT2D eigenvalue weighted by molar-refractivity contribution is 6.23. The number of nitrogens with zero attached hydrogens (tertiary/aromatic N) is 2. The molecule has 4 aliphatic rings. The van der Waals surface area contributed by atoms with Crippen LogP contribution >= 0.6 is 0 Å². The first-order valence-electron chi connectivity index (χ1n) is 9.99. The lowest BCUT2D eigenvalue weighted by atomic mass is 9.98. The first-order valence-corrected chi connectivity index (χ1v) is 9.99. The summed E-state index contributed by atoms with van der Waals surface area (Å²) in [5.74, 6) is -1.94. The quantitative estimate of drug-likeness (QED) is 0.656. The molecule has 3 atom stereocenters. The number of hydrogen-bond acceptors (Lipinski definition) is 7. The Morgan fingerprint density at radius 2 is 1.86 bits per heavy atom. The third kappa shape index (κ3) is 2.92. The predicted molar refractivity (Wildman–Crippen MR) is 101 cm³/mol. The largest absolute Gasteiger partial charge is 0.374 e. The van der Waals surface area contributed by atoms with Crippen LogP contribution in [0.1, 0.15) is 40.0 Å². The Morgan fingerprint density at radius 3 is 2.69 bits per heavy atom. The number of ether oxygens (including phenoxy) is 1. The topological polar surface area (TPSA) is 108 Å². The molecule has 0 aliphatic carbocycles. The van der Waals surface area contributed by atoms with Gasteiger partial charge in [-0.15, -0.1) is 0 Å². The highest BCUT2D eigenvalue weighted by atomic mass is 16.5. The molecule has 1 aromatic carbocycles. The lowest BCUT2D eigenvalue weighted by molar-refractivity contribution is -0.136. The molecule has 5 rings (SSSR count). The average molecular weight is 398 g/mol. The van der Waals surface area contributed by atoms with Gasteiger partial charge in [0.2, 0.25) is 11.8 Å². The Hall–Kier alpha value is -2.78. The first kappa shape index (κ1) is 18.3. The van der Waals surface area contributed by atoms with Crippen molar-refractivity contribution in [3.63, 3.8) is 0 Å². The number of piperidine rings is 2. The maximum atomic E-state index is 13.0. The van der Waals surface area contributed by atoms with Crippen LogP contribution in [0, 0.1) is 0 Å². The van der Waals surface area contributed by atoms with Crippen LogP contribution in [0.15, 0.2) is 18.2 Å². The van der Waals surface area contributed by atoms with Crippen molar-refractivity contribution < 1.29 is 23.9 Å². The van der Waals surface area contributed by atoms with E-state index in [1.807, 2.05) is 6.07 Å². The zero-order chi connectivity index (χ0) is 20.1. The van der Waals surface area contributed by atoms with Crippen molar-refractivity contribution in [2.45, 2.75) is 37.5 Å². The molecule has 0 aromatic heterocycles. The second-order valence-corrected chi connectivity index (χ2v) is 7.84. The Kier molecular flexibility index (Phi) is 4.36. The molecule has 0 radical (unpaired) electrons. The second-order valence-electron chi connectivity index (χ2n) is 7.84. The van der Waals surface area contributed by atoms with Gasteiger partial charge < -0.3 is 15.0 Å². The molecule has 0 saturated carbocycles. The van der Waals surface area contributed by atoms with Gasteiger partial charge in [0.1, 0.15) is 6.04 Å². The third-order valence-electron chi connectivity index (χ3n) is 6.21. The van der Waals surface area contributed by atoms with Crippen molar-refractivity contribution in [1.82, 2.24) is 15.5 Å². The standard InChI is InChI=1S/C20H22N4O5/c25-17-4-3-14(18(26)22-17)24-19(27)12-2-1-11(9-13(12)20(24)28)23-7-8-29-16-5-6-21-10-15(16)23/h1-2,9,14-16,21H,3-8,10H2,(H,22,25,26)/t14?,15-,16+/m0/s1. The number of amides is 4. The molecule has 0 bridgehead atoms. The van der Waals surface area contributed by atoms with Crippen LogP contribution in [0.5, 0.6) is 0 Å². The molecule has 1 aromatic rings. The molecule has 9 nitrogen and oxygen atoms in total. The summed E-state index contributed by atoms with van der Waals surface area (Å²) >= 11 is 0. The van der Waals surface area contributed by atoms with Crippen molar-refractivity contribution in [2.75, 3.05) is 31.1 Å². The molecule has 1 unspecified atom stereocenters. The van der Waals surface area contributed by atoms with E-state index >= 15 is 0 Å². The van der Waals surface area contributed by atoms with E-state index in [9.17, 15) is 19.2 Å². The van der Waals surface area contributed by atoms with E-state index in [4.69, 9.17) is 4.74 Å². The highest BCUT2D eigenvalue weighted by Crippen LogP contribution is 2.33.